The van der Waals surface area contributed by atoms with Crippen molar-refractivity contribution in [2.75, 3.05) is 32.4 Å². The van der Waals surface area contributed by atoms with E-state index in [1.165, 1.54) is 30.2 Å². The van der Waals surface area contributed by atoms with Gasteiger partial charge in [0.05, 0.1) is 12.3 Å². The van der Waals surface area contributed by atoms with Crippen molar-refractivity contribution < 1.29 is 8.42 Å². The van der Waals surface area contributed by atoms with Crippen LogP contribution in [-0.4, -0.2) is 62.1 Å². The average molecular weight is 428 g/mol. The van der Waals surface area contributed by atoms with Gasteiger partial charge in [0, 0.05) is 38.3 Å². The van der Waals surface area contributed by atoms with E-state index in [-0.39, 0.29) is 6.04 Å². The van der Waals surface area contributed by atoms with E-state index in [1.807, 2.05) is 0 Å². The summed E-state index contributed by atoms with van der Waals surface area (Å²) in [6.45, 7) is 2.96. The Morgan fingerprint density at radius 2 is 1.30 bits per heavy atom. The fourth-order valence-corrected chi connectivity index (χ4v) is 5.75. The number of rotatable bonds is 6. The van der Waals surface area contributed by atoms with Gasteiger partial charge < -0.3 is 5.32 Å². The first kappa shape index (κ1) is 21.5. The van der Waals surface area contributed by atoms with Gasteiger partial charge in [0.1, 0.15) is 0 Å². The minimum Gasteiger partial charge on any atom is -0.303 e. The zero-order valence-corrected chi connectivity index (χ0v) is 18.6. The lowest BCUT2D eigenvalue weighted by atomic mass is 9.88. The topological polar surface area (TPSA) is 52.7 Å². The van der Waals surface area contributed by atoms with Gasteiger partial charge in [-0.2, -0.15) is 4.31 Å². The number of sulfonamides is 1. The van der Waals surface area contributed by atoms with Crippen molar-refractivity contribution in [2.45, 2.75) is 43.8 Å². The summed E-state index contributed by atoms with van der Waals surface area (Å²) in [5.74, 6) is 0. The molecule has 0 atom stereocenters. The number of nitrogens with one attached hydrogen (secondary N) is 1. The molecule has 2 fully saturated rings. The summed E-state index contributed by atoms with van der Waals surface area (Å²) in [5.41, 5.74) is 2.62. The highest BCUT2D eigenvalue weighted by atomic mass is 32.2. The normalized spacial score (nSPS) is 24.2. The number of hydrogen-bond donors (Lipinski definition) is 1. The highest BCUT2D eigenvalue weighted by Gasteiger charge is 2.31. The Bertz CT molecular complexity index is 849. The van der Waals surface area contributed by atoms with Crippen LogP contribution in [0.25, 0.3) is 0 Å². The highest BCUT2D eigenvalue weighted by Crippen LogP contribution is 2.29. The molecule has 1 saturated carbocycles. The summed E-state index contributed by atoms with van der Waals surface area (Å²) in [7, 11) is -3.06. The van der Waals surface area contributed by atoms with Crippen molar-refractivity contribution in [2.24, 2.45) is 0 Å². The van der Waals surface area contributed by atoms with Crippen LogP contribution in [0.15, 0.2) is 60.7 Å². The number of hydrogen-bond acceptors (Lipinski definition) is 4. The van der Waals surface area contributed by atoms with Gasteiger partial charge in [-0.3, -0.25) is 4.90 Å². The quantitative estimate of drug-likeness (QED) is 0.769. The van der Waals surface area contributed by atoms with Crippen LogP contribution in [-0.2, 0) is 10.0 Å². The zero-order valence-electron chi connectivity index (χ0n) is 17.8. The molecule has 30 heavy (non-hydrogen) atoms. The molecule has 162 valence electrons. The van der Waals surface area contributed by atoms with Crippen LogP contribution in [0.4, 0.5) is 0 Å². The largest absolute Gasteiger partial charge is 0.303 e. The van der Waals surface area contributed by atoms with E-state index in [4.69, 9.17) is 0 Å². The van der Waals surface area contributed by atoms with E-state index < -0.39 is 10.0 Å². The van der Waals surface area contributed by atoms with Gasteiger partial charge in [-0.1, -0.05) is 60.7 Å². The molecule has 2 aromatic rings. The summed E-state index contributed by atoms with van der Waals surface area (Å²) in [6, 6.07) is 22.7. The second-order valence-corrected chi connectivity index (χ2v) is 10.6. The third-order valence-corrected chi connectivity index (χ3v) is 7.93. The Kier molecular flexibility index (Phi) is 6.88. The highest BCUT2D eigenvalue weighted by molar-refractivity contribution is 7.88. The summed E-state index contributed by atoms with van der Waals surface area (Å²) in [4.78, 5) is 2.50. The fraction of sp³-hybridized carbons (Fsp3) is 0.500. The van der Waals surface area contributed by atoms with Crippen LogP contribution in [0.3, 0.4) is 0 Å². The second kappa shape index (κ2) is 9.60. The predicted octanol–water partition coefficient (Wildman–Crippen LogP) is 3.25. The molecule has 6 heteroatoms. The predicted molar refractivity (Wildman–Crippen MR) is 122 cm³/mol. The second-order valence-electron chi connectivity index (χ2n) is 8.62. The van der Waals surface area contributed by atoms with E-state index in [9.17, 15) is 8.42 Å². The molecular weight excluding hydrogens is 394 g/mol. The molecule has 1 aliphatic heterocycles. The first-order chi connectivity index (χ1) is 14.5. The number of nitrogens with zero attached hydrogens (tertiary/aromatic N) is 2. The van der Waals surface area contributed by atoms with Crippen LogP contribution in [0.2, 0.25) is 0 Å². The first-order valence-electron chi connectivity index (χ1n) is 11.1. The van der Waals surface area contributed by atoms with Crippen LogP contribution in [0.5, 0.6) is 0 Å². The summed E-state index contributed by atoms with van der Waals surface area (Å²) in [5, 5.41) is 3.93. The minimum absolute atomic E-state index is 0.215. The van der Waals surface area contributed by atoms with E-state index >= 15 is 0 Å². The standard InChI is InChI=1S/C24H33N3O2S/c1-30(28,29)27-18-16-26(17-19-27)23-14-12-22(13-15-23)25-24(20-8-4-2-5-9-20)21-10-6-3-7-11-21/h2-11,22-25H,12-19H2,1H3. The molecule has 2 aromatic carbocycles. The van der Waals surface area contributed by atoms with E-state index in [1.54, 1.807) is 4.31 Å². The molecule has 1 N–H and O–H groups in total. The van der Waals surface area contributed by atoms with Crippen molar-refractivity contribution in [3.63, 3.8) is 0 Å². The number of benzene rings is 2. The molecule has 0 amide bonds. The van der Waals surface area contributed by atoms with Crippen LogP contribution >= 0.6 is 0 Å². The van der Waals surface area contributed by atoms with Crippen LogP contribution in [0.1, 0.15) is 42.9 Å². The zero-order chi connectivity index (χ0) is 21.0. The Morgan fingerprint density at radius 3 is 1.77 bits per heavy atom. The molecule has 0 aromatic heterocycles. The molecule has 1 heterocycles. The Labute approximate surface area is 181 Å². The lowest BCUT2D eigenvalue weighted by Crippen LogP contribution is -2.53. The fourth-order valence-electron chi connectivity index (χ4n) is 4.92. The molecule has 0 radical (unpaired) electrons. The SMILES string of the molecule is CS(=O)(=O)N1CCN(C2CCC(NC(c3ccccc3)c3ccccc3)CC2)CC1. The molecule has 5 nitrogen and oxygen atoms in total. The molecular formula is C24H33N3O2S. The van der Waals surface area contributed by atoms with E-state index in [0.717, 1.165) is 25.9 Å². The maximum atomic E-state index is 11.7. The van der Waals surface area contributed by atoms with Gasteiger partial charge in [0.25, 0.3) is 0 Å². The van der Waals surface area contributed by atoms with Crippen molar-refractivity contribution in [3.05, 3.63) is 71.8 Å². The lowest BCUT2D eigenvalue weighted by Gasteiger charge is -2.42. The van der Waals surface area contributed by atoms with Gasteiger partial charge in [-0.25, -0.2) is 8.42 Å². The van der Waals surface area contributed by atoms with Crippen LogP contribution in [0, 0.1) is 0 Å². The monoisotopic (exact) mass is 427 g/mol. The Morgan fingerprint density at radius 1 is 0.800 bits per heavy atom. The van der Waals surface area contributed by atoms with E-state index in [2.05, 4.69) is 70.9 Å². The summed E-state index contributed by atoms with van der Waals surface area (Å²) < 4.78 is 25.1. The van der Waals surface area contributed by atoms with Crippen molar-refractivity contribution in [1.82, 2.24) is 14.5 Å². The lowest BCUT2D eigenvalue weighted by molar-refractivity contribution is 0.103. The average Bonchev–Trinajstić information content (AvgIpc) is 2.79. The van der Waals surface area contributed by atoms with Gasteiger partial charge in [-0.05, 0) is 36.8 Å². The third kappa shape index (κ3) is 5.30. The third-order valence-electron chi connectivity index (χ3n) is 6.62. The maximum absolute atomic E-state index is 11.7. The molecule has 1 aliphatic carbocycles. The Hall–Kier alpha value is -1.73. The number of piperazine rings is 1. The van der Waals surface area contributed by atoms with Gasteiger partial charge in [0.15, 0.2) is 0 Å². The molecule has 1 saturated heterocycles. The van der Waals surface area contributed by atoms with Gasteiger partial charge in [-0.15, -0.1) is 0 Å². The van der Waals surface area contributed by atoms with Crippen molar-refractivity contribution in [3.8, 4) is 0 Å². The molecule has 0 bridgehead atoms. The molecule has 4 rings (SSSR count). The molecule has 0 unspecified atom stereocenters. The smallest absolute Gasteiger partial charge is 0.211 e. The molecule has 0 spiro atoms. The van der Waals surface area contributed by atoms with Crippen molar-refractivity contribution in [1.29, 1.82) is 0 Å². The van der Waals surface area contributed by atoms with Crippen LogP contribution < -0.4 is 5.32 Å². The van der Waals surface area contributed by atoms with E-state index in [0.29, 0.717) is 25.2 Å². The van der Waals surface area contributed by atoms with Gasteiger partial charge in [0.2, 0.25) is 10.0 Å². The van der Waals surface area contributed by atoms with Crippen molar-refractivity contribution >= 4 is 10.0 Å². The summed E-state index contributed by atoms with van der Waals surface area (Å²) in [6.07, 6.45) is 5.98. The molecule has 2 aliphatic rings. The maximum Gasteiger partial charge on any atom is 0.211 e. The Balaban J connectivity index is 1.34. The van der Waals surface area contributed by atoms with Gasteiger partial charge >= 0.3 is 0 Å². The summed E-state index contributed by atoms with van der Waals surface area (Å²) >= 11 is 0. The first-order valence-corrected chi connectivity index (χ1v) is 12.9. The minimum atomic E-state index is -3.06.